The molecule has 0 saturated heterocycles. The lowest BCUT2D eigenvalue weighted by atomic mass is 9.97. The molecule has 1 saturated carbocycles. The molecule has 1 atom stereocenters. The molecule has 3 heteroatoms. The Bertz CT molecular complexity index is 222. The van der Waals surface area contributed by atoms with Gasteiger partial charge in [-0.15, -0.1) is 0 Å². The first-order valence-corrected chi connectivity index (χ1v) is 6.50. The molecule has 0 amide bonds. The molecule has 1 fully saturated rings. The summed E-state index contributed by atoms with van der Waals surface area (Å²) in [6.07, 6.45) is 5.59. The van der Waals surface area contributed by atoms with Crippen LogP contribution in [0.2, 0.25) is 0 Å². The Labute approximate surface area is 98.8 Å². The minimum atomic E-state index is -0.690. The summed E-state index contributed by atoms with van der Waals surface area (Å²) in [4.78, 5) is 13.0. The minimum Gasteiger partial charge on any atom is -0.481 e. The van der Waals surface area contributed by atoms with Gasteiger partial charge in [-0.3, -0.25) is 9.69 Å². The van der Waals surface area contributed by atoms with Crippen molar-refractivity contribution in [2.45, 2.75) is 65.0 Å². The number of carboxylic acid groups (broad SMARTS) is 1. The average Bonchev–Trinajstić information content (AvgIpc) is 2.69. The summed E-state index contributed by atoms with van der Waals surface area (Å²) in [5.41, 5.74) is 0. The van der Waals surface area contributed by atoms with Crippen molar-refractivity contribution < 1.29 is 9.90 Å². The lowest BCUT2D eigenvalue weighted by molar-refractivity contribution is -0.137. The van der Waals surface area contributed by atoms with E-state index in [1.54, 1.807) is 0 Å². The maximum Gasteiger partial charge on any atom is 0.304 e. The predicted octanol–water partition coefficient (Wildman–Crippen LogP) is 2.75. The number of hydrogen-bond donors (Lipinski definition) is 1. The quantitative estimate of drug-likeness (QED) is 0.758. The predicted molar refractivity (Wildman–Crippen MR) is 65.5 cm³/mol. The molecule has 0 aromatic carbocycles. The molecule has 1 rings (SSSR count). The molecule has 3 nitrogen and oxygen atoms in total. The van der Waals surface area contributed by atoms with Gasteiger partial charge in [0.1, 0.15) is 0 Å². The summed E-state index contributed by atoms with van der Waals surface area (Å²) < 4.78 is 0. The number of aliphatic carboxylic acids is 1. The van der Waals surface area contributed by atoms with Crippen LogP contribution in [0.25, 0.3) is 0 Å². The molecule has 0 aliphatic heterocycles. The summed E-state index contributed by atoms with van der Waals surface area (Å²) in [5.74, 6) is 0.0838. The van der Waals surface area contributed by atoms with Crippen molar-refractivity contribution in [1.82, 2.24) is 4.90 Å². The largest absolute Gasteiger partial charge is 0.481 e. The van der Waals surface area contributed by atoms with Gasteiger partial charge in [-0.2, -0.15) is 0 Å². The Morgan fingerprint density at radius 1 is 1.31 bits per heavy atom. The Morgan fingerprint density at radius 2 is 1.88 bits per heavy atom. The number of carbonyl (C=O) groups is 1. The standard InChI is InChI=1S/C13H25NO2/c1-10(2)14(9-8-13(15)16)11(3)12-6-4-5-7-12/h10-12H,4-9H2,1-3H3,(H,15,16). The lowest BCUT2D eigenvalue weighted by Gasteiger charge is -2.36. The van der Waals surface area contributed by atoms with Crippen LogP contribution in [0.5, 0.6) is 0 Å². The van der Waals surface area contributed by atoms with Crippen molar-refractivity contribution >= 4 is 5.97 Å². The zero-order valence-corrected chi connectivity index (χ0v) is 10.8. The molecule has 0 bridgehead atoms. The van der Waals surface area contributed by atoms with Crippen LogP contribution in [0.15, 0.2) is 0 Å². The smallest absolute Gasteiger partial charge is 0.304 e. The Balaban J connectivity index is 2.50. The maximum atomic E-state index is 10.6. The van der Waals surface area contributed by atoms with E-state index in [-0.39, 0.29) is 6.42 Å². The van der Waals surface area contributed by atoms with Crippen LogP contribution in [0, 0.1) is 5.92 Å². The van der Waals surface area contributed by atoms with Crippen molar-refractivity contribution in [3.8, 4) is 0 Å². The summed E-state index contributed by atoms with van der Waals surface area (Å²) in [5, 5.41) is 8.76. The van der Waals surface area contributed by atoms with E-state index in [1.165, 1.54) is 25.7 Å². The highest BCUT2D eigenvalue weighted by atomic mass is 16.4. The molecule has 0 radical (unpaired) electrons. The fourth-order valence-electron chi connectivity index (χ4n) is 2.87. The lowest BCUT2D eigenvalue weighted by Crippen LogP contribution is -2.43. The normalized spacial score (nSPS) is 19.6. The molecular formula is C13H25NO2. The topological polar surface area (TPSA) is 40.5 Å². The van der Waals surface area contributed by atoms with Crippen LogP contribution in [0.4, 0.5) is 0 Å². The Morgan fingerprint density at radius 3 is 2.31 bits per heavy atom. The average molecular weight is 227 g/mol. The van der Waals surface area contributed by atoms with Crippen molar-refractivity contribution in [2.75, 3.05) is 6.54 Å². The minimum absolute atomic E-state index is 0.259. The first-order valence-electron chi connectivity index (χ1n) is 6.50. The maximum absolute atomic E-state index is 10.6. The third-order valence-corrected chi connectivity index (χ3v) is 3.85. The van der Waals surface area contributed by atoms with Crippen molar-refractivity contribution in [3.63, 3.8) is 0 Å². The van der Waals surface area contributed by atoms with E-state index in [9.17, 15) is 4.79 Å². The molecule has 16 heavy (non-hydrogen) atoms. The number of hydrogen-bond acceptors (Lipinski definition) is 2. The zero-order valence-electron chi connectivity index (χ0n) is 10.8. The molecule has 0 spiro atoms. The van der Waals surface area contributed by atoms with E-state index in [4.69, 9.17) is 5.11 Å². The van der Waals surface area contributed by atoms with Gasteiger partial charge in [0.15, 0.2) is 0 Å². The highest BCUT2D eigenvalue weighted by Crippen LogP contribution is 2.30. The summed E-state index contributed by atoms with van der Waals surface area (Å²) in [6.45, 7) is 7.27. The van der Waals surface area contributed by atoms with Crippen LogP contribution < -0.4 is 0 Å². The Kier molecular flexibility index (Phi) is 5.26. The molecule has 1 aliphatic rings. The first kappa shape index (κ1) is 13.5. The molecule has 1 unspecified atom stereocenters. The van der Waals surface area contributed by atoms with Gasteiger partial charge in [0.05, 0.1) is 6.42 Å². The molecule has 94 valence electrons. The van der Waals surface area contributed by atoms with Gasteiger partial charge in [-0.1, -0.05) is 12.8 Å². The number of rotatable bonds is 6. The third-order valence-electron chi connectivity index (χ3n) is 3.85. The molecule has 0 heterocycles. The third kappa shape index (κ3) is 3.78. The van der Waals surface area contributed by atoms with E-state index in [0.29, 0.717) is 18.6 Å². The molecule has 0 aromatic rings. The second-order valence-corrected chi connectivity index (χ2v) is 5.26. The second kappa shape index (κ2) is 6.24. The van der Waals surface area contributed by atoms with Crippen molar-refractivity contribution in [1.29, 1.82) is 0 Å². The van der Waals surface area contributed by atoms with E-state index in [0.717, 1.165) is 5.92 Å². The SMILES string of the molecule is CC(C)N(CCC(=O)O)C(C)C1CCCC1. The van der Waals surface area contributed by atoms with E-state index in [1.807, 2.05) is 0 Å². The highest BCUT2D eigenvalue weighted by molar-refractivity contribution is 5.66. The Hall–Kier alpha value is -0.570. The summed E-state index contributed by atoms with van der Waals surface area (Å²) >= 11 is 0. The van der Waals surface area contributed by atoms with Gasteiger partial charge in [0.25, 0.3) is 0 Å². The van der Waals surface area contributed by atoms with Crippen molar-refractivity contribution in [3.05, 3.63) is 0 Å². The zero-order chi connectivity index (χ0) is 12.1. The fourth-order valence-corrected chi connectivity index (χ4v) is 2.87. The first-order chi connectivity index (χ1) is 7.52. The van der Waals surface area contributed by atoms with E-state index >= 15 is 0 Å². The van der Waals surface area contributed by atoms with Gasteiger partial charge in [-0.25, -0.2) is 0 Å². The van der Waals surface area contributed by atoms with Crippen LogP contribution in [-0.2, 0) is 4.79 Å². The van der Waals surface area contributed by atoms with Crippen LogP contribution >= 0.6 is 0 Å². The fraction of sp³-hybridized carbons (Fsp3) is 0.923. The highest BCUT2D eigenvalue weighted by Gasteiger charge is 2.27. The van der Waals surface area contributed by atoms with Gasteiger partial charge in [0, 0.05) is 18.6 Å². The summed E-state index contributed by atoms with van der Waals surface area (Å²) in [6, 6.07) is 0.969. The molecule has 1 N–H and O–H groups in total. The monoisotopic (exact) mass is 227 g/mol. The van der Waals surface area contributed by atoms with Crippen LogP contribution in [0.3, 0.4) is 0 Å². The summed E-state index contributed by atoms with van der Waals surface area (Å²) in [7, 11) is 0. The van der Waals surface area contributed by atoms with Crippen LogP contribution in [0.1, 0.15) is 52.9 Å². The van der Waals surface area contributed by atoms with Gasteiger partial charge in [-0.05, 0) is 39.5 Å². The van der Waals surface area contributed by atoms with Crippen molar-refractivity contribution in [2.24, 2.45) is 5.92 Å². The van der Waals surface area contributed by atoms with Gasteiger partial charge in [0.2, 0.25) is 0 Å². The molecule has 0 aromatic heterocycles. The van der Waals surface area contributed by atoms with Gasteiger partial charge < -0.3 is 5.11 Å². The van der Waals surface area contributed by atoms with E-state index < -0.39 is 5.97 Å². The number of nitrogens with zero attached hydrogens (tertiary/aromatic N) is 1. The van der Waals surface area contributed by atoms with E-state index in [2.05, 4.69) is 25.7 Å². The number of carboxylic acids is 1. The second-order valence-electron chi connectivity index (χ2n) is 5.26. The van der Waals surface area contributed by atoms with Crippen LogP contribution in [-0.4, -0.2) is 34.6 Å². The van der Waals surface area contributed by atoms with Gasteiger partial charge >= 0.3 is 5.97 Å². The molecular weight excluding hydrogens is 202 g/mol. The molecule has 1 aliphatic carbocycles.